The third-order valence-electron chi connectivity index (χ3n) is 9.87. The van der Waals surface area contributed by atoms with Gasteiger partial charge >= 0.3 is 30.5 Å². The van der Waals surface area contributed by atoms with Gasteiger partial charge in [-0.2, -0.15) is 39.5 Å². The Morgan fingerprint density at radius 2 is 1.48 bits per heavy atom. The van der Waals surface area contributed by atoms with E-state index in [1.165, 1.54) is 4.57 Å². The van der Waals surface area contributed by atoms with E-state index < -0.39 is 44.1 Å². The molecule has 3 aromatic heterocycles. The molecule has 8 rings (SSSR count). The third kappa shape index (κ3) is 9.22. The van der Waals surface area contributed by atoms with Crippen LogP contribution in [0.15, 0.2) is 24.7 Å². The number of morpholine rings is 1. The molecule has 2 bridgehead atoms. The molecule has 0 amide bonds. The van der Waals surface area contributed by atoms with Crippen LogP contribution >= 0.6 is 0 Å². The summed E-state index contributed by atoms with van der Waals surface area (Å²) >= 11 is 0. The van der Waals surface area contributed by atoms with Crippen molar-refractivity contribution in [3.63, 3.8) is 0 Å². The van der Waals surface area contributed by atoms with Gasteiger partial charge in [-0.05, 0) is 44.2 Å². The topological polar surface area (TPSA) is 132 Å². The number of carbonyl (C=O) groups is 2. The summed E-state index contributed by atoms with van der Waals surface area (Å²) < 4.78 is 121. The Kier molecular flexibility index (Phi) is 11.3. The number of hydrogen-bond acceptors (Lipinski definition) is 7. The van der Waals surface area contributed by atoms with E-state index >= 15 is 0 Å². The van der Waals surface area contributed by atoms with Crippen LogP contribution in [0.1, 0.15) is 49.4 Å². The summed E-state index contributed by atoms with van der Waals surface area (Å²) in [7, 11) is -1.29. The van der Waals surface area contributed by atoms with Crippen molar-refractivity contribution < 1.29 is 68.8 Å². The molecule has 2 N–H and O–H groups in total. The number of rotatable bonds is 9. The average Bonchev–Trinajstić information content (AvgIpc) is 3.65. The Bertz CT molecular complexity index is 1800. The van der Waals surface area contributed by atoms with Gasteiger partial charge in [-0.3, -0.25) is 4.90 Å². The molecule has 1 saturated heterocycles. The van der Waals surface area contributed by atoms with E-state index in [4.69, 9.17) is 34.3 Å². The van der Waals surface area contributed by atoms with E-state index in [2.05, 4.69) is 40.3 Å². The van der Waals surface area contributed by atoms with Crippen molar-refractivity contribution in [1.29, 1.82) is 0 Å². The molecular formula is C33H40F9N5O6Si. The molecule has 4 aliphatic carbocycles. The maximum Gasteiger partial charge on any atom is 0.490 e. The lowest BCUT2D eigenvalue weighted by atomic mass is 9.43. The first kappa shape index (κ1) is 41.5. The Morgan fingerprint density at radius 3 is 1.96 bits per heavy atom. The summed E-state index contributed by atoms with van der Waals surface area (Å²) in [5.41, 5.74) is 1.33. The second-order valence-electron chi connectivity index (χ2n) is 15.3. The van der Waals surface area contributed by atoms with Gasteiger partial charge in [0.05, 0.1) is 30.0 Å². The number of carboxylic acid groups (broad SMARTS) is 2. The number of ether oxygens (including phenoxy) is 2. The largest absolute Gasteiger partial charge is 0.490 e. The molecule has 1 aliphatic heterocycles. The highest BCUT2D eigenvalue weighted by Gasteiger charge is 2.71. The average molecular weight is 802 g/mol. The molecule has 21 heteroatoms. The molecule has 0 unspecified atom stereocenters. The highest BCUT2D eigenvalue weighted by molar-refractivity contribution is 6.76. The molecule has 54 heavy (non-hydrogen) atoms. The first-order valence-corrected chi connectivity index (χ1v) is 20.7. The van der Waals surface area contributed by atoms with Gasteiger partial charge < -0.3 is 28.8 Å². The Morgan fingerprint density at radius 1 is 0.926 bits per heavy atom. The minimum Gasteiger partial charge on any atom is -0.475 e. The number of aliphatic carboxylic acids is 2. The van der Waals surface area contributed by atoms with Crippen LogP contribution in [0, 0.1) is 0 Å². The lowest BCUT2D eigenvalue weighted by Gasteiger charge is -2.74. The zero-order chi connectivity index (χ0) is 40.1. The fourth-order valence-corrected chi connectivity index (χ4v) is 7.79. The number of imidazole rings is 1. The Hall–Kier alpha value is -3.69. The van der Waals surface area contributed by atoms with Crippen molar-refractivity contribution in [2.45, 2.75) is 100 Å². The van der Waals surface area contributed by atoms with E-state index in [1.54, 1.807) is 12.3 Å². The van der Waals surface area contributed by atoms with Crippen LogP contribution in [-0.2, 0) is 37.5 Å². The monoisotopic (exact) mass is 801 g/mol. The molecular weight excluding hydrogens is 761 g/mol. The van der Waals surface area contributed by atoms with Gasteiger partial charge in [0.2, 0.25) is 0 Å². The molecule has 3 aromatic rings. The number of pyridine rings is 1. The molecule has 0 atom stereocenters. The lowest BCUT2D eigenvalue weighted by Crippen LogP contribution is -2.79. The van der Waals surface area contributed by atoms with Gasteiger partial charge in [-0.25, -0.2) is 19.6 Å². The smallest absolute Gasteiger partial charge is 0.475 e. The van der Waals surface area contributed by atoms with Crippen LogP contribution in [0.3, 0.4) is 0 Å². The van der Waals surface area contributed by atoms with Crippen LogP contribution in [0.5, 0.6) is 0 Å². The second kappa shape index (κ2) is 14.8. The quantitative estimate of drug-likeness (QED) is 0.130. The highest BCUT2D eigenvalue weighted by atomic mass is 28.3. The van der Waals surface area contributed by atoms with Crippen LogP contribution in [-0.4, -0.2) is 105 Å². The zero-order valence-corrected chi connectivity index (χ0v) is 30.5. The van der Waals surface area contributed by atoms with Crippen molar-refractivity contribution in [3.8, 4) is 11.3 Å². The molecule has 300 valence electrons. The first-order chi connectivity index (χ1) is 24.9. The minimum atomic E-state index is -5.08. The van der Waals surface area contributed by atoms with Crippen LogP contribution in [0.2, 0.25) is 25.7 Å². The van der Waals surface area contributed by atoms with Gasteiger partial charge in [-0.1, -0.05) is 19.6 Å². The van der Waals surface area contributed by atoms with Gasteiger partial charge in [0.25, 0.3) is 0 Å². The van der Waals surface area contributed by atoms with Gasteiger partial charge in [0, 0.05) is 68.8 Å². The summed E-state index contributed by atoms with van der Waals surface area (Å²) in [5.74, 6) is -3.98. The summed E-state index contributed by atoms with van der Waals surface area (Å²) in [6.07, 6.45) is -4.17. The summed E-state index contributed by atoms with van der Waals surface area (Å²) in [4.78, 5) is 29.9. The number of fused-ring (bicyclic) bond motifs is 1. The maximum atomic E-state index is 14.1. The number of hydrogen-bond donors (Lipinski definition) is 2. The summed E-state index contributed by atoms with van der Waals surface area (Å²) in [5, 5.41) is 14.3. The lowest BCUT2D eigenvalue weighted by molar-refractivity contribution is -0.221. The van der Waals surface area contributed by atoms with Crippen molar-refractivity contribution in [2.75, 3.05) is 32.9 Å². The highest BCUT2D eigenvalue weighted by Crippen LogP contribution is 2.69. The number of carboxylic acids is 2. The van der Waals surface area contributed by atoms with Crippen LogP contribution in [0.4, 0.5) is 39.5 Å². The fourth-order valence-electron chi connectivity index (χ4n) is 7.03. The fraction of sp³-hybridized carbons (Fsp3) is 0.636. The van der Waals surface area contributed by atoms with E-state index in [0.29, 0.717) is 23.8 Å². The zero-order valence-electron chi connectivity index (χ0n) is 29.5. The number of nitrogens with zero attached hydrogens (tertiary/aromatic N) is 5. The molecule has 4 heterocycles. The minimum absolute atomic E-state index is 0.0529. The maximum absolute atomic E-state index is 14.1. The van der Waals surface area contributed by atoms with Crippen LogP contribution < -0.4 is 0 Å². The van der Waals surface area contributed by atoms with E-state index in [1.807, 2.05) is 0 Å². The SMILES string of the molecule is C[Si](C)(C)CCOCn1cc(C(F)(F)F)c2cc(-c3cn(C45CC(N6CCOCC6)(C4)C5)c(C4CC4)n3)cnc21.O=C(O)C(F)(F)F.O=C(O)C(F)(F)F. The molecule has 0 radical (unpaired) electrons. The number of alkyl halides is 9. The van der Waals surface area contributed by atoms with Gasteiger partial charge in [-0.15, -0.1) is 0 Å². The van der Waals surface area contributed by atoms with Gasteiger partial charge in [0.1, 0.15) is 18.2 Å². The first-order valence-electron chi connectivity index (χ1n) is 17.0. The Balaban J connectivity index is 0.000000342. The standard InChI is InChI=1S/C29H38F3N5O2Si.2C2HF3O2/c1-40(2,3)11-10-39-19-35-14-23(29(30,31)32)22-12-21(13-33-26(22)35)24-15-37(25(34-24)20-4-5-20)28-16-27(17-28,18-28)36-6-8-38-9-7-36;2*3-2(4,5)1(6)7/h12-15,20H,4-11,16-19H2,1-3H3;2*(H,6,7). The molecule has 5 aliphatic rings. The summed E-state index contributed by atoms with van der Waals surface area (Å²) in [6.45, 7) is 10.9. The van der Waals surface area contributed by atoms with E-state index in [9.17, 15) is 39.5 Å². The van der Waals surface area contributed by atoms with Crippen molar-refractivity contribution in [1.82, 2.24) is 24.0 Å². The normalized spacial score (nSPS) is 23.0. The molecule has 11 nitrogen and oxygen atoms in total. The number of aromatic nitrogens is 4. The van der Waals surface area contributed by atoms with Crippen LogP contribution in [0.25, 0.3) is 22.3 Å². The van der Waals surface area contributed by atoms with E-state index in [-0.39, 0.29) is 28.8 Å². The predicted octanol–water partition coefficient (Wildman–Crippen LogP) is 7.34. The summed E-state index contributed by atoms with van der Waals surface area (Å²) in [6, 6.07) is 2.57. The third-order valence-corrected chi connectivity index (χ3v) is 11.6. The van der Waals surface area contributed by atoms with Gasteiger partial charge in [0.15, 0.2) is 0 Å². The molecule has 0 aromatic carbocycles. The van der Waals surface area contributed by atoms with E-state index in [0.717, 1.165) is 76.5 Å². The molecule has 5 fully saturated rings. The molecule has 4 saturated carbocycles. The van der Waals surface area contributed by atoms with Crippen molar-refractivity contribution in [3.05, 3.63) is 36.0 Å². The van der Waals surface area contributed by atoms with Crippen molar-refractivity contribution >= 4 is 31.0 Å². The predicted molar refractivity (Wildman–Crippen MR) is 176 cm³/mol. The van der Waals surface area contributed by atoms with Crippen molar-refractivity contribution in [2.24, 2.45) is 0 Å². The molecule has 0 spiro atoms. The Labute approximate surface area is 304 Å². The number of halogens is 9. The second-order valence-corrected chi connectivity index (χ2v) is 20.9.